The lowest BCUT2D eigenvalue weighted by Crippen LogP contribution is -2.15. The number of fused-ring (bicyclic) bond motifs is 1. The van der Waals surface area contributed by atoms with Gasteiger partial charge in [0.25, 0.3) is 5.91 Å². The molecular formula is C22H19N5O3. The fourth-order valence-electron chi connectivity index (χ4n) is 3.29. The Balaban J connectivity index is 1.73. The maximum Gasteiger partial charge on any atom is 0.307 e. The van der Waals surface area contributed by atoms with E-state index in [1.165, 1.54) is 6.33 Å². The van der Waals surface area contributed by atoms with Gasteiger partial charge in [0, 0.05) is 24.0 Å². The normalized spacial score (nSPS) is 10.8. The van der Waals surface area contributed by atoms with Gasteiger partial charge in [0.15, 0.2) is 5.65 Å². The van der Waals surface area contributed by atoms with Gasteiger partial charge in [-0.25, -0.2) is 0 Å². The number of anilines is 1. The Hall–Kier alpha value is -4.04. The summed E-state index contributed by atoms with van der Waals surface area (Å²) in [6.45, 7) is 0.400. The molecule has 4 N–H and O–H groups in total. The highest BCUT2D eigenvalue weighted by Gasteiger charge is 2.15. The number of nitrogens with two attached hydrogens (primary N) is 1. The maximum atomic E-state index is 13.0. The van der Waals surface area contributed by atoms with E-state index in [4.69, 9.17) is 10.8 Å². The van der Waals surface area contributed by atoms with Gasteiger partial charge in [-0.15, -0.1) is 10.2 Å². The van der Waals surface area contributed by atoms with E-state index in [1.807, 2.05) is 24.3 Å². The standard InChI is InChI=1S/C22H19N5O3/c23-11-14-4-3-6-15(8-14)18-9-17(12-27-13-24-26-21(18)27)22(30)25-19-7-2-1-5-16(19)10-20(28)29/h1-9,12-13H,10-11,23H2,(H,25,30)(H,28,29). The van der Waals surface area contributed by atoms with Crippen LogP contribution < -0.4 is 11.1 Å². The lowest BCUT2D eigenvalue weighted by molar-refractivity contribution is -0.136. The molecule has 4 aromatic rings. The van der Waals surface area contributed by atoms with Crippen LogP contribution in [0.2, 0.25) is 0 Å². The summed E-state index contributed by atoms with van der Waals surface area (Å²) in [6, 6.07) is 16.3. The van der Waals surface area contributed by atoms with Crippen LogP contribution in [0.1, 0.15) is 21.5 Å². The first-order chi connectivity index (χ1) is 14.5. The van der Waals surface area contributed by atoms with Crippen LogP contribution in [0.4, 0.5) is 5.69 Å². The summed E-state index contributed by atoms with van der Waals surface area (Å²) in [7, 11) is 0. The fourth-order valence-corrected chi connectivity index (χ4v) is 3.29. The summed E-state index contributed by atoms with van der Waals surface area (Å²) in [5.74, 6) is -1.33. The molecule has 0 fully saturated rings. The van der Waals surface area contributed by atoms with Crippen molar-refractivity contribution >= 4 is 23.2 Å². The number of pyridine rings is 1. The van der Waals surface area contributed by atoms with Crippen LogP contribution in [0.3, 0.4) is 0 Å². The molecule has 0 radical (unpaired) electrons. The molecule has 0 aliphatic carbocycles. The summed E-state index contributed by atoms with van der Waals surface area (Å²) < 4.78 is 1.68. The molecule has 0 atom stereocenters. The number of para-hydroxylation sites is 1. The molecule has 0 unspecified atom stereocenters. The van der Waals surface area contributed by atoms with Crippen LogP contribution in [0.15, 0.2) is 67.1 Å². The molecule has 0 aliphatic heterocycles. The molecule has 0 saturated heterocycles. The average molecular weight is 401 g/mol. The minimum atomic E-state index is -0.968. The van der Waals surface area contributed by atoms with Crippen LogP contribution in [0.25, 0.3) is 16.8 Å². The third-order valence-corrected chi connectivity index (χ3v) is 4.74. The topological polar surface area (TPSA) is 123 Å². The number of nitrogens with one attached hydrogen (secondary N) is 1. The zero-order valence-electron chi connectivity index (χ0n) is 15.9. The number of nitrogens with zero attached hydrogens (tertiary/aromatic N) is 3. The molecule has 0 aliphatic rings. The van der Waals surface area contributed by atoms with E-state index in [1.54, 1.807) is 40.9 Å². The predicted molar refractivity (Wildman–Crippen MR) is 112 cm³/mol. The van der Waals surface area contributed by atoms with Crippen molar-refractivity contribution in [3.05, 3.63) is 83.8 Å². The van der Waals surface area contributed by atoms with Crippen LogP contribution in [0, 0.1) is 0 Å². The second-order valence-electron chi connectivity index (χ2n) is 6.79. The number of carbonyl (C=O) groups excluding carboxylic acids is 1. The first-order valence-electron chi connectivity index (χ1n) is 9.29. The molecule has 0 spiro atoms. The number of amides is 1. The highest BCUT2D eigenvalue weighted by atomic mass is 16.4. The van der Waals surface area contributed by atoms with E-state index < -0.39 is 5.97 Å². The Morgan fingerprint density at radius 3 is 2.73 bits per heavy atom. The van der Waals surface area contributed by atoms with Crippen LogP contribution in [0.5, 0.6) is 0 Å². The number of aromatic nitrogens is 3. The Morgan fingerprint density at radius 1 is 1.10 bits per heavy atom. The minimum absolute atomic E-state index is 0.182. The largest absolute Gasteiger partial charge is 0.481 e. The van der Waals surface area contributed by atoms with Gasteiger partial charge >= 0.3 is 5.97 Å². The van der Waals surface area contributed by atoms with Gasteiger partial charge in [0.05, 0.1) is 12.0 Å². The Morgan fingerprint density at radius 2 is 1.93 bits per heavy atom. The SMILES string of the molecule is NCc1cccc(-c2cc(C(=O)Nc3ccccc3CC(=O)O)cn3cnnc23)c1. The Bertz CT molecular complexity index is 1250. The molecule has 2 aromatic carbocycles. The van der Waals surface area contributed by atoms with Gasteiger partial charge in [-0.3, -0.25) is 14.0 Å². The summed E-state index contributed by atoms with van der Waals surface area (Å²) >= 11 is 0. The van der Waals surface area contributed by atoms with Gasteiger partial charge < -0.3 is 16.2 Å². The number of aliphatic carboxylic acids is 1. The maximum absolute atomic E-state index is 13.0. The molecule has 150 valence electrons. The molecule has 2 heterocycles. The van der Waals surface area contributed by atoms with Crippen molar-refractivity contribution in [2.75, 3.05) is 5.32 Å². The quantitative estimate of drug-likeness (QED) is 0.457. The van der Waals surface area contributed by atoms with Crippen LogP contribution in [-0.2, 0) is 17.8 Å². The highest BCUT2D eigenvalue weighted by Crippen LogP contribution is 2.26. The summed E-state index contributed by atoms with van der Waals surface area (Å²) in [6.07, 6.45) is 2.99. The van der Waals surface area contributed by atoms with Crippen molar-refractivity contribution in [3.8, 4) is 11.1 Å². The van der Waals surface area contributed by atoms with Gasteiger partial charge in [-0.05, 0) is 34.9 Å². The molecule has 8 nitrogen and oxygen atoms in total. The number of benzene rings is 2. The van der Waals surface area contributed by atoms with E-state index in [2.05, 4.69) is 15.5 Å². The van der Waals surface area contributed by atoms with Crippen molar-refractivity contribution < 1.29 is 14.7 Å². The number of carboxylic acids is 1. The second-order valence-corrected chi connectivity index (χ2v) is 6.79. The molecule has 8 heteroatoms. The number of hydrogen-bond acceptors (Lipinski definition) is 5. The van der Waals surface area contributed by atoms with Crippen molar-refractivity contribution in [3.63, 3.8) is 0 Å². The first kappa shape index (κ1) is 19.3. The number of rotatable bonds is 6. The second kappa shape index (κ2) is 8.14. The van der Waals surface area contributed by atoms with E-state index >= 15 is 0 Å². The zero-order valence-corrected chi connectivity index (χ0v) is 15.9. The van der Waals surface area contributed by atoms with Crippen molar-refractivity contribution in [2.45, 2.75) is 13.0 Å². The van der Waals surface area contributed by atoms with Gasteiger partial charge in [0.1, 0.15) is 6.33 Å². The van der Waals surface area contributed by atoms with Crippen molar-refractivity contribution in [1.29, 1.82) is 0 Å². The number of carboxylic acid groups (broad SMARTS) is 1. The molecule has 1 amide bonds. The lowest BCUT2D eigenvalue weighted by atomic mass is 10.0. The van der Waals surface area contributed by atoms with Gasteiger partial charge in [0.2, 0.25) is 0 Å². The molecule has 30 heavy (non-hydrogen) atoms. The average Bonchev–Trinajstić information content (AvgIpc) is 3.23. The Kier molecular flexibility index (Phi) is 5.23. The monoisotopic (exact) mass is 401 g/mol. The third kappa shape index (κ3) is 3.89. The lowest BCUT2D eigenvalue weighted by Gasteiger charge is -2.12. The molecule has 4 rings (SSSR count). The fraction of sp³-hybridized carbons (Fsp3) is 0.0909. The summed E-state index contributed by atoms with van der Waals surface area (Å²) in [5, 5.41) is 20.0. The molecule has 0 saturated carbocycles. The highest BCUT2D eigenvalue weighted by molar-refractivity contribution is 6.06. The van der Waals surface area contributed by atoms with E-state index in [0.717, 1.165) is 16.7 Å². The van der Waals surface area contributed by atoms with Crippen LogP contribution in [-0.4, -0.2) is 31.6 Å². The first-order valence-corrected chi connectivity index (χ1v) is 9.29. The van der Waals surface area contributed by atoms with Crippen molar-refractivity contribution in [1.82, 2.24) is 14.6 Å². The smallest absolute Gasteiger partial charge is 0.307 e. The van der Waals surface area contributed by atoms with Gasteiger partial charge in [-0.2, -0.15) is 0 Å². The van der Waals surface area contributed by atoms with Crippen LogP contribution >= 0.6 is 0 Å². The van der Waals surface area contributed by atoms with E-state index in [0.29, 0.717) is 29.0 Å². The molecule has 2 aromatic heterocycles. The van der Waals surface area contributed by atoms with Crippen molar-refractivity contribution in [2.24, 2.45) is 5.73 Å². The van der Waals surface area contributed by atoms with Gasteiger partial charge in [-0.1, -0.05) is 36.4 Å². The summed E-state index contributed by atoms with van der Waals surface area (Å²) in [4.78, 5) is 24.1. The summed E-state index contributed by atoms with van der Waals surface area (Å²) in [5.41, 5.74) is 10.3. The van der Waals surface area contributed by atoms with E-state index in [9.17, 15) is 9.59 Å². The minimum Gasteiger partial charge on any atom is -0.481 e. The predicted octanol–water partition coefficient (Wildman–Crippen LogP) is 2.73. The third-order valence-electron chi connectivity index (χ3n) is 4.74. The Labute approximate surface area is 172 Å². The molecule has 0 bridgehead atoms. The zero-order chi connectivity index (χ0) is 21.1. The van der Waals surface area contributed by atoms with E-state index in [-0.39, 0.29) is 12.3 Å². The molecular weight excluding hydrogens is 382 g/mol. The number of hydrogen-bond donors (Lipinski definition) is 3. The number of carbonyl (C=O) groups is 2.